The average Bonchev–Trinajstić information content (AvgIpc) is 3.83. The summed E-state index contributed by atoms with van der Waals surface area (Å²) in [6.07, 6.45) is 6.33. The van der Waals surface area contributed by atoms with Crippen molar-refractivity contribution in [1.29, 1.82) is 0 Å². The number of nitrogens with zero attached hydrogens (tertiary/aromatic N) is 5. The summed E-state index contributed by atoms with van der Waals surface area (Å²) in [7, 11) is -0.417. The smallest absolute Gasteiger partial charge is 0.410 e. The third-order valence-corrected chi connectivity index (χ3v) is 14.8. The minimum atomic E-state index is -1.69. The van der Waals surface area contributed by atoms with Gasteiger partial charge in [-0.2, -0.15) is 0 Å². The van der Waals surface area contributed by atoms with Gasteiger partial charge in [0.25, 0.3) is 0 Å². The number of aromatic amines is 2. The molecular formula is C49H59FN8O6SSi. The summed E-state index contributed by atoms with van der Waals surface area (Å²) in [6.45, 7) is 16.8. The normalized spacial score (nSPS) is 17.7. The highest BCUT2D eigenvalue weighted by Gasteiger charge is 2.39. The minimum Gasteiger partial charge on any atom is -0.464 e. The van der Waals surface area contributed by atoms with Crippen LogP contribution in [0.25, 0.3) is 44.7 Å². The Morgan fingerprint density at radius 3 is 2.44 bits per heavy atom. The topological polar surface area (TPSA) is 160 Å². The monoisotopic (exact) mass is 934 g/mol. The van der Waals surface area contributed by atoms with Crippen molar-refractivity contribution in [2.75, 3.05) is 19.8 Å². The second kappa shape index (κ2) is 17.4. The Bertz CT molecular complexity index is 2810. The summed E-state index contributed by atoms with van der Waals surface area (Å²) in [6, 6.07) is 14.8. The van der Waals surface area contributed by atoms with E-state index in [0.29, 0.717) is 65.0 Å². The summed E-state index contributed by atoms with van der Waals surface area (Å²) in [5, 5.41) is 3.60. The Morgan fingerprint density at radius 1 is 0.985 bits per heavy atom. The standard InChI is InChI=1S/C49H59FN8O6SSi/c1-27(2)43(55-47(60)62-6)45(59)57-18-10-11-36(57)44-52-24-34(54-44)30-20-32(50)42-37-21-31-19-29(33-23-51-41(53-33)25-56(26-66(7,8)9)48(61)64-49(3,4)5)14-15-35(31)58(37)46(63-38(42)22-30)40-17-16-39(65-40)28-12-13-28/h14-17,19-24,27-28,36,43,46H,10-13,18,25-26H2,1-9H3,(H,51,53)(H,52,54)(H,55,60)/t36-,43-,46-/m0/s1. The van der Waals surface area contributed by atoms with Crippen LogP contribution in [0.3, 0.4) is 0 Å². The molecule has 3 atom stereocenters. The number of carbonyl (C=O) groups excluding carboxylic acids is 3. The molecule has 348 valence electrons. The van der Waals surface area contributed by atoms with Crippen LogP contribution >= 0.6 is 11.3 Å². The lowest BCUT2D eigenvalue weighted by Crippen LogP contribution is -2.51. The number of ether oxygens (including phenoxy) is 3. The zero-order valence-electron chi connectivity index (χ0n) is 39.1. The molecule has 0 bridgehead atoms. The van der Waals surface area contributed by atoms with Crippen LogP contribution in [0.2, 0.25) is 19.6 Å². The third-order valence-electron chi connectivity index (χ3n) is 12.2. The maximum atomic E-state index is 16.9. The van der Waals surface area contributed by atoms with Crippen LogP contribution in [0.5, 0.6) is 5.75 Å². The van der Waals surface area contributed by atoms with Crippen LogP contribution in [0.15, 0.2) is 60.9 Å². The first-order chi connectivity index (χ1) is 31.3. The first-order valence-electron chi connectivity index (χ1n) is 22.8. The van der Waals surface area contributed by atoms with E-state index in [2.05, 4.69) is 62.7 Å². The van der Waals surface area contributed by atoms with E-state index in [1.165, 1.54) is 30.9 Å². The summed E-state index contributed by atoms with van der Waals surface area (Å²) >= 11 is 1.74. The van der Waals surface area contributed by atoms with Gasteiger partial charge < -0.3 is 39.3 Å². The number of hydrogen-bond donors (Lipinski definition) is 3. The number of benzene rings is 2. The highest BCUT2D eigenvalue weighted by Crippen LogP contribution is 2.50. The molecule has 17 heteroatoms. The number of alkyl carbamates (subject to hydrolysis) is 1. The number of thiophene rings is 1. The molecule has 0 unspecified atom stereocenters. The Balaban J connectivity index is 1.04. The Kier molecular flexibility index (Phi) is 11.9. The lowest BCUT2D eigenvalue weighted by Gasteiger charge is -2.30. The van der Waals surface area contributed by atoms with Gasteiger partial charge >= 0.3 is 12.2 Å². The maximum Gasteiger partial charge on any atom is 0.410 e. The van der Waals surface area contributed by atoms with E-state index in [1.54, 1.807) is 33.5 Å². The maximum absolute atomic E-state index is 16.9. The number of imidazole rings is 2. The van der Waals surface area contributed by atoms with Gasteiger partial charge in [0.1, 0.15) is 34.9 Å². The zero-order valence-corrected chi connectivity index (χ0v) is 40.9. The van der Waals surface area contributed by atoms with Crippen LogP contribution in [0, 0.1) is 11.7 Å². The molecule has 14 nitrogen and oxygen atoms in total. The van der Waals surface area contributed by atoms with E-state index < -0.39 is 37.9 Å². The molecule has 3 aliphatic rings. The van der Waals surface area contributed by atoms with E-state index in [1.807, 2.05) is 58.9 Å². The van der Waals surface area contributed by atoms with Crippen molar-refractivity contribution in [3.8, 4) is 39.5 Å². The fourth-order valence-corrected chi connectivity index (χ4v) is 11.7. The zero-order chi connectivity index (χ0) is 46.8. The van der Waals surface area contributed by atoms with Gasteiger partial charge in [0.05, 0.1) is 73.2 Å². The molecule has 6 heterocycles. The number of methoxy groups -OCH3 is 1. The molecular weight excluding hydrogens is 876 g/mol. The molecule has 0 spiro atoms. The minimum absolute atomic E-state index is 0.165. The van der Waals surface area contributed by atoms with E-state index >= 15 is 4.39 Å². The molecule has 66 heavy (non-hydrogen) atoms. The fraction of sp³-hybridized carbons (Fsp3) is 0.449. The molecule has 1 aliphatic carbocycles. The Labute approximate surface area is 389 Å². The van der Waals surface area contributed by atoms with Crippen LogP contribution in [-0.4, -0.2) is 91.9 Å². The Morgan fingerprint density at radius 2 is 1.73 bits per heavy atom. The van der Waals surface area contributed by atoms with Gasteiger partial charge in [-0.1, -0.05) is 39.6 Å². The van der Waals surface area contributed by atoms with Crippen molar-refractivity contribution in [3.05, 3.63) is 88.1 Å². The van der Waals surface area contributed by atoms with Gasteiger partial charge in [0, 0.05) is 34.1 Å². The van der Waals surface area contributed by atoms with E-state index in [4.69, 9.17) is 19.2 Å². The number of halogens is 1. The molecule has 1 saturated heterocycles. The van der Waals surface area contributed by atoms with Gasteiger partial charge in [-0.15, -0.1) is 11.3 Å². The van der Waals surface area contributed by atoms with E-state index in [9.17, 15) is 14.4 Å². The van der Waals surface area contributed by atoms with Crippen LogP contribution in [-0.2, 0) is 20.8 Å². The average molecular weight is 935 g/mol. The summed E-state index contributed by atoms with van der Waals surface area (Å²) in [5.74, 6) is 1.42. The number of fused-ring (bicyclic) bond motifs is 5. The summed E-state index contributed by atoms with van der Waals surface area (Å²) in [4.78, 5) is 61.3. The molecule has 9 rings (SSSR count). The van der Waals surface area contributed by atoms with Gasteiger partial charge in [-0.25, -0.2) is 23.9 Å². The van der Waals surface area contributed by atoms with Crippen molar-refractivity contribution in [2.45, 2.75) is 116 Å². The number of likely N-dealkylation sites (tertiary alicyclic amines) is 1. The molecule has 3 amide bonds. The number of carbonyl (C=O) groups is 3. The summed E-state index contributed by atoms with van der Waals surface area (Å²) < 4.78 is 36.4. The first-order valence-corrected chi connectivity index (χ1v) is 27.3. The molecule has 2 fully saturated rings. The van der Waals surface area contributed by atoms with Gasteiger partial charge in [-0.3, -0.25) is 9.36 Å². The Hall–Kier alpha value is -5.94. The molecule has 1 saturated carbocycles. The second-order valence-corrected chi connectivity index (χ2v) is 26.9. The molecule has 3 N–H and O–H groups in total. The van der Waals surface area contributed by atoms with Crippen LogP contribution in [0.1, 0.15) is 99.9 Å². The number of H-pyrrole nitrogens is 2. The highest BCUT2D eigenvalue weighted by molar-refractivity contribution is 7.12. The van der Waals surface area contributed by atoms with Crippen molar-refractivity contribution in [3.63, 3.8) is 0 Å². The predicted molar refractivity (Wildman–Crippen MR) is 255 cm³/mol. The van der Waals surface area contributed by atoms with Crippen molar-refractivity contribution in [1.82, 2.24) is 39.6 Å². The predicted octanol–water partition coefficient (Wildman–Crippen LogP) is 10.8. The van der Waals surface area contributed by atoms with Crippen molar-refractivity contribution in [2.24, 2.45) is 5.92 Å². The summed E-state index contributed by atoms with van der Waals surface area (Å²) in [5.41, 5.74) is 4.20. The number of hydrogen-bond acceptors (Lipinski definition) is 9. The first kappa shape index (κ1) is 45.2. The van der Waals surface area contributed by atoms with Gasteiger partial charge in [-0.05, 0) is 101 Å². The molecule has 6 aromatic rings. The van der Waals surface area contributed by atoms with Gasteiger partial charge in [0.15, 0.2) is 0 Å². The molecule has 2 aliphatic heterocycles. The number of nitrogens with one attached hydrogen (secondary N) is 3. The van der Waals surface area contributed by atoms with E-state index in [-0.39, 0.29) is 30.5 Å². The molecule has 4 aromatic heterocycles. The second-order valence-electron chi connectivity index (χ2n) is 20.4. The lowest BCUT2D eigenvalue weighted by atomic mass is 10.0. The largest absolute Gasteiger partial charge is 0.464 e. The van der Waals surface area contributed by atoms with Crippen LogP contribution in [0.4, 0.5) is 14.0 Å². The van der Waals surface area contributed by atoms with Crippen molar-refractivity contribution < 1.29 is 33.0 Å². The molecule has 0 radical (unpaired) electrons. The highest BCUT2D eigenvalue weighted by atomic mass is 32.1. The van der Waals surface area contributed by atoms with Crippen LogP contribution < -0.4 is 10.1 Å². The SMILES string of the molecule is COC(=O)N[C@H](C(=O)N1CCC[C@H]1c1ncc(-c2cc(F)c3c(c2)O[C@@H](c2ccc(C4CC4)s2)n2c-3cc3cc(-c4cnc(CN(C[Si](C)(C)C)C(=O)OC(C)(C)C)[nH]4)ccc32)[nH]1)C(C)C. The number of aromatic nitrogens is 5. The molecule has 2 aromatic carbocycles. The lowest BCUT2D eigenvalue weighted by molar-refractivity contribution is -0.135. The van der Waals surface area contributed by atoms with Gasteiger partial charge in [0.2, 0.25) is 12.1 Å². The number of amides is 3. The third kappa shape index (κ3) is 9.24. The van der Waals surface area contributed by atoms with E-state index in [0.717, 1.165) is 33.5 Å². The quantitative estimate of drug-likeness (QED) is 0.102. The fourth-order valence-electron chi connectivity index (χ4n) is 9.07. The number of rotatable bonds is 12. The van der Waals surface area contributed by atoms with Crippen molar-refractivity contribution >= 4 is 48.4 Å².